The van der Waals surface area contributed by atoms with Gasteiger partial charge in [0, 0.05) is 27.2 Å². The monoisotopic (exact) mass is 407 g/mol. The van der Waals surface area contributed by atoms with Gasteiger partial charge in [-0.1, -0.05) is 0 Å². The highest BCUT2D eigenvalue weighted by Crippen LogP contribution is 2.29. The van der Waals surface area contributed by atoms with E-state index in [0.29, 0.717) is 13.0 Å². The Bertz CT molecular complexity index is 749. The zero-order valence-corrected chi connectivity index (χ0v) is 16.1. The van der Waals surface area contributed by atoms with E-state index in [1.807, 2.05) is 4.90 Å². The molecular weight excluding hydrogens is 383 g/mol. The zero-order valence-electron chi connectivity index (χ0n) is 15.3. The zero-order chi connectivity index (χ0) is 20.2. The quantitative estimate of drug-likeness (QED) is 0.702. The van der Waals surface area contributed by atoms with E-state index in [4.69, 9.17) is 0 Å². The molecule has 1 aliphatic heterocycles. The predicted molar refractivity (Wildman–Crippen MR) is 94.5 cm³/mol. The molecule has 1 aromatic rings. The van der Waals surface area contributed by atoms with Crippen molar-refractivity contribution in [2.75, 3.05) is 33.7 Å². The van der Waals surface area contributed by atoms with Crippen LogP contribution < -0.4 is 4.72 Å². The van der Waals surface area contributed by atoms with Crippen molar-refractivity contribution in [2.24, 2.45) is 0 Å². The number of amides is 1. The summed E-state index contributed by atoms with van der Waals surface area (Å²) in [5.41, 5.74) is -0.896. The van der Waals surface area contributed by atoms with E-state index < -0.39 is 21.8 Å². The number of likely N-dealkylation sites (N-methyl/N-ethyl adjacent to an activating group) is 1. The molecule has 1 saturated heterocycles. The van der Waals surface area contributed by atoms with Crippen molar-refractivity contribution in [1.82, 2.24) is 14.5 Å². The molecule has 1 amide bonds. The summed E-state index contributed by atoms with van der Waals surface area (Å²) in [6.45, 7) is 1.50. The van der Waals surface area contributed by atoms with Crippen molar-refractivity contribution in [3.05, 3.63) is 29.8 Å². The van der Waals surface area contributed by atoms with Crippen LogP contribution in [0.2, 0.25) is 0 Å². The molecule has 1 atom stereocenters. The second-order valence-electron chi connectivity index (χ2n) is 6.70. The Morgan fingerprint density at radius 3 is 2.44 bits per heavy atom. The van der Waals surface area contributed by atoms with Crippen LogP contribution in [0.25, 0.3) is 0 Å². The lowest BCUT2D eigenvalue weighted by Crippen LogP contribution is -2.43. The van der Waals surface area contributed by atoms with Crippen molar-refractivity contribution in [3.8, 4) is 0 Å². The number of sulfonamides is 1. The maximum atomic E-state index is 12.6. The predicted octanol–water partition coefficient (Wildman–Crippen LogP) is 1.93. The first-order valence-electron chi connectivity index (χ1n) is 8.64. The summed E-state index contributed by atoms with van der Waals surface area (Å²) in [6.07, 6.45) is -2.31. The Labute approximate surface area is 157 Å². The minimum atomic E-state index is -4.51. The second-order valence-corrected chi connectivity index (χ2v) is 8.47. The van der Waals surface area contributed by atoms with Crippen molar-refractivity contribution in [3.63, 3.8) is 0 Å². The summed E-state index contributed by atoms with van der Waals surface area (Å²) in [6, 6.07) is 3.20. The molecule has 27 heavy (non-hydrogen) atoms. The Balaban J connectivity index is 1.86. The average Bonchev–Trinajstić information content (AvgIpc) is 3.05. The second kappa shape index (κ2) is 8.57. The summed E-state index contributed by atoms with van der Waals surface area (Å²) in [7, 11) is -0.462. The molecule has 1 unspecified atom stereocenters. The number of hydrogen-bond donors (Lipinski definition) is 1. The standard InChI is InChI=1S/C17H24F3N3O3S/c1-22(2)16(24)15-5-3-11-23(15)12-4-10-21-27(25,26)14-8-6-13(7-9-14)17(18,19)20/h6-9,15,21H,3-5,10-12H2,1-2H3. The molecule has 0 saturated carbocycles. The molecule has 10 heteroatoms. The third-order valence-electron chi connectivity index (χ3n) is 4.50. The van der Waals surface area contributed by atoms with Crippen LogP contribution >= 0.6 is 0 Å². The Hall–Kier alpha value is -1.65. The van der Waals surface area contributed by atoms with Gasteiger partial charge in [0.25, 0.3) is 0 Å². The molecule has 2 rings (SSSR count). The molecule has 6 nitrogen and oxygen atoms in total. The number of halogens is 3. The number of carbonyl (C=O) groups is 1. The SMILES string of the molecule is CN(C)C(=O)C1CCCN1CCCNS(=O)(=O)c1ccc(C(F)(F)F)cc1. The van der Waals surface area contributed by atoms with Gasteiger partial charge in [-0.25, -0.2) is 13.1 Å². The van der Waals surface area contributed by atoms with E-state index in [9.17, 15) is 26.4 Å². The van der Waals surface area contributed by atoms with Gasteiger partial charge < -0.3 is 4.90 Å². The molecule has 1 aromatic carbocycles. The molecule has 1 aliphatic rings. The van der Waals surface area contributed by atoms with Crippen LogP contribution in [0.1, 0.15) is 24.8 Å². The summed E-state index contributed by atoms with van der Waals surface area (Å²) >= 11 is 0. The Morgan fingerprint density at radius 1 is 1.26 bits per heavy atom. The van der Waals surface area contributed by atoms with Crippen LogP contribution in [0.15, 0.2) is 29.2 Å². The highest BCUT2D eigenvalue weighted by molar-refractivity contribution is 7.89. The maximum absolute atomic E-state index is 12.6. The molecule has 152 valence electrons. The lowest BCUT2D eigenvalue weighted by Gasteiger charge is -2.26. The van der Waals surface area contributed by atoms with Crippen molar-refractivity contribution < 1.29 is 26.4 Å². The number of alkyl halides is 3. The fourth-order valence-electron chi connectivity index (χ4n) is 3.07. The van der Waals surface area contributed by atoms with E-state index in [-0.39, 0.29) is 23.4 Å². The molecule has 0 aromatic heterocycles. The fraction of sp³-hybridized carbons (Fsp3) is 0.588. The minimum Gasteiger partial charge on any atom is -0.347 e. The van der Waals surface area contributed by atoms with Gasteiger partial charge >= 0.3 is 6.18 Å². The number of likely N-dealkylation sites (tertiary alicyclic amines) is 1. The van der Waals surface area contributed by atoms with Crippen LogP contribution in [0.4, 0.5) is 13.2 Å². The average molecular weight is 407 g/mol. The highest BCUT2D eigenvalue weighted by atomic mass is 32.2. The van der Waals surface area contributed by atoms with E-state index >= 15 is 0 Å². The van der Waals surface area contributed by atoms with Crippen molar-refractivity contribution in [1.29, 1.82) is 0 Å². The number of nitrogens with one attached hydrogen (secondary N) is 1. The van der Waals surface area contributed by atoms with Crippen LogP contribution in [0.5, 0.6) is 0 Å². The van der Waals surface area contributed by atoms with Gasteiger partial charge in [-0.2, -0.15) is 13.2 Å². The molecule has 1 heterocycles. The normalized spacial score (nSPS) is 18.6. The number of carbonyl (C=O) groups excluding carboxylic acids is 1. The van der Waals surface area contributed by atoms with Crippen LogP contribution in [-0.4, -0.2) is 63.9 Å². The van der Waals surface area contributed by atoms with Crippen molar-refractivity contribution >= 4 is 15.9 Å². The summed E-state index contributed by atoms with van der Waals surface area (Å²) < 4.78 is 64.4. The highest BCUT2D eigenvalue weighted by Gasteiger charge is 2.32. The summed E-state index contributed by atoms with van der Waals surface area (Å²) in [5, 5.41) is 0. The van der Waals surface area contributed by atoms with E-state index in [1.54, 1.807) is 19.0 Å². The van der Waals surface area contributed by atoms with E-state index in [2.05, 4.69) is 4.72 Å². The van der Waals surface area contributed by atoms with Gasteiger partial charge in [-0.3, -0.25) is 9.69 Å². The lowest BCUT2D eigenvalue weighted by molar-refractivity contribution is -0.137. The van der Waals surface area contributed by atoms with Gasteiger partial charge in [0.15, 0.2) is 0 Å². The smallest absolute Gasteiger partial charge is 0.347 e. The molecular formula is C17H24F3N3O3S. The topological polar surface area (TPSA) is 69.7 Å². The van der Waals surface area contributed by atoms with Gasteiger partial charge in [0.2, 0.25) is 15.9 Å². The molecule has 0 spiro atoms. The number of benzene rings is 1. The molecule has 0 bridgehead atoms. The first-order valence-corrected chi connectivity index (χ1v) is 10.1. The molecule has 1 fully saturated rings. The van der Waals surface area contributed by atoms with E-state index in [0.717, 1.165) is 43.7 Å². The lowest BCUT2D eigenvalue weighted by atomic mass is 10.2. The number of hydrogen-bond acceptors (Lipinski definition) is 4. The summed E-state index contributed by atoms with van der Waals surface area (Å²) in [5.74, 6) is 0.0397. The van der Waals surface area contributed by atoms with Crippen LogP contribution in [0, 0.1) is 0 Å². The molecule has 0 radical (unpaired) electrons. The Morgan fingerprint density at radius 2 is 1.89 bits per heavy atom. The Kier molecular flexibility index (Phi) is 6.87. The number of rotatable bonds is 7. The first kappa shape index (κ1) is 21.6. The van der Waals surface area contributed by atoms with Crippen LogP contribution in [-0.2, 0) is 21.0 Å². The molecule has 0 aliphatic carbocycles. The van der Waals surface area contributed by atoms with Gasteiger partial charge in [-0.05, 0) is 50.1 Å². The molecule has 1 N–H and O–H groups in total. The number of nitrogens with zero attached hydrogens (tertiary/aromatic N) is 2. The third kappa shape index (κ3) is 5.66. The van der Waals surface area contributed by atoms with E-state index in [1.165, 1.54) is 0 Å². The minimum absolute atomic E-state index is 0.0397. The van der Waals surface area contributed by atoms with Gasteiger partial charge in [-0.15, -0.1) is 0 Å². The van der Waals surface area contributed by atoms with Crippen molar-refractivity contribution in [2.45, 2.75) is 36.4 Å². The van der Waals surface area contributed by atoms with Crippen LogP contribution in [0.3, 0.4) is 0 Å². The fourth-order valence-corrected chi connectivity index (χ4v) is 4.14. The largest absolute Gasteiger partial charge is 0.416 e. The first-order chi connectivity index (χ1) is 12.5. The summed E-state index contributed by atoms with van der Waals surface area (Å²) in [4.78, 5) is 15.5. The third-order valence-corrected chi connectivity index (χ3v) is 5.97. The van der Waals surface area contributed by atoms with Gasteiger partial charge in [0.05, 0.1) is 16.5 Å². The maximum Gasteiger partial charge on any atom is 0.416 e. The van der Waals surface area contributed by atoms with Gasteiger partial charge in [0.1, 0.15) is 0 Å².